The first-order valence-corrected chi connectivity index (χ1v) is 5.75. The lowest BCUT2D eigenvalue weighted by Crippen LogP contribution is -2.24. The molecular weight excluding hydrogens is 220 g/mol. The minimum Gasteiger partial charge on any atom is -0.367 e. The van der Waals surface area contributed by atoms with E-state index < -0.39 is 0 Å². The summed E-state index contributed by atoms with van der Waals surface area (Å²) in [5, 5.41) is 16.9. The molecule has 0 amide bonds. The van der Waals surface area contributed by atoms with Crippen LogP contribution in [0.2, 0.25) is 0 Å². The second kappa shape index (κ2) is 4.17. The zero-order chi connectivity index (χ0) is 11.7. The van der Waals surface area contributed by atoms with Crippen molar-refractivity contribution in [2.75, 3.05) is 18.4 Å². The van der Waals surface area contributed by atoms with Gasteiger partial charge in [0.1, 0.15) is 5.82 Å². The molecule has 0 aliphatic heterocycles. The fourth-order valence-electron chi connectivity index (χ4n) is 1.65. The van der Waals surface area contributed by atoms with Crippen LogP contribution < -0.4 is 16.3 Å². The summed E-state index contributed by atoms with van der Waals surface area (Å²) in [6, 6.07) is 4.28. The Hall–Kier alpha value is -1.89. The van der Waals surface area contributed by atoms with Crippen LogP contribution >= 0.6 is 0 Å². The van der Waals surface area contributed by atoms with E-state index in [0.29, 0.717) is 17.5 Å². The van der Waals surface area contributed by atoms with Crippen LogP contribution in [0.25, 0.3) is 5.65 Å². The molecule has 0 spiro atoms. The molecule has 0 bridgehead atoms. The van der Waals surface area contributed by atoms with Crippen LogP contribution in [0.4, 0.5) is 5.82 Å². The molecule has 0 unspecified atom stereocenters. The number of aromatic amines is 1. The molecule has 0 saturated heterocycles. The molecule has 1 saturated carbocycles. The summed E-state index contributed by atoms with van der Waals surface area (Å²) >= 11 is 0. The number of hydrogen-bond acceptors (Lipinski definition) is 5. The molecule has 7 heteroatoms. The van der Waals surface area contributed by atoms with E-state index in [0.717, 1.165) is 13.1 Å². The highest BCUT2D eigenvalue weighted by molar-refractivity contribution is 5.42. The highest BCUT2D eigenvalue weighted by atomic mass is 16.2. The second-order valence-electron chi connectivity index (χ2n) is 4.17. The van der Waals surface area contributed by atoms with Crippen molar-refractivity contribution in [2.24, 2.45) is 0 Å². The van der Waals surface area contributed by atoms with Crippen LogP contribution in [0.3, 0.4) is 0 Å². The number of fused-ring (bicyclic) bond motifs is 1. The molecule has 0 radical (unpaired) electrons. The van der Waals surface area contributed by atoms with Gasteiger partial charge in [0.25, 0.3) is 0 Å². The van der Waals surface area contributed by atoms with Gasteiger partial charge >= 0.3 is 5.69 Å². The number of hydrogen-bond donors (Lipinski definition) is 3. The van der Waals surface area contributed by atoms with E-state index in [9.17, 15) is 4.79 Å². The molecule has 17 heavy (non-hydrogen) atoms. The molecule has 1 aliphatic rings. The smallest absolute Gasteiger partial charge is 0.364 e. The molecule has 3 N–H and O–H groups in total. The van der Waals surface area contributed by atoms with E-state index in [1.165, 1.54) is 17.4 Å². The SMILES string of the molecule is O=c1[nH]nc2ccc(NCCNC3CC3)nn12. The maximum Gasteiger partial charge on any atom is 0.364 e. The van der Waals surface area contributed by atoms with Crippen molar-refractivity contribution in [1.82, 2.24) is 25.1 Å². The lowest BCUT2D eigenvalue weighted by atomic mass is 10.5. The molecule has 1 aliphatic carbocycles. The Morgan fingerprint density at radius 2 is 2.29 bits per heavy atom. The van der Waals surface area contributed by atoms with Gasteiger partial charge in [-0.05, 0) is 25.0 Å². The summed E-state index contributed by atoms with van der Waals surface area (Å²) in [7, 11) is 0. The van der Waals surface area contributed by atoms with E-state index in [4.69, 9.17) is 0 Å². The highest BCUT2D eigenvalue weighted by Gasteiger charge is 2.19. The summed E-state index contributed by atoms with van der Waals surface area (Å²) < 4.78 is 1.25. The van der Waals surface area contributed by atoms with E-state index >= 15 is 0 Å². The molecule has 90 valence electrons. The topological polar surface area (TPSA) is 87.1 Å². The predicted octanol–water partition coefficient (Wildman–Crippen LogP) is -0.419. The minimum absolute atomic E-state index is 0.320. The van der Waals surface area contributed by atoms with Gasteiger partial charge in [-0.25, -0.2) is 9.89 Å². The second-order valence-corrected chi connectivity index (χ2v) is 4.17. The van der Waals surface area contributed by atoms with Gasteiger partial charge < -0.3 is 10.6 Å². The Labute approximate surface area is 97.2 Å². The molecule has 2 aromatic heterocycles. The van der Waals surface area contributed by atoms with Crippen molar-refractivity contribution >= 4 is 11.5 Å². The van der Waals surface area contributed by atoms with Gasteiger partial charge in [-0.15, -0.1) is 5.10 Å². The van der Waals surface area contributed by atoms with Gasteiger partial charge in [-0.3, -0.25) is 0 Å². The molecule has 2 aromatic rings. The predicted molar refractivity (Wildman–Crippen MR) is 63.1 cm³/mol. The Bertz CT molecular complexity index is 569. The van der Waals surface area contributed by atoms with Gasteiger partial charge in [0.05, 0.1) is 0 Å². The molecule has 1 fully saturated rings. The quantitative estimate of drug-likeness (QED) is 0.612. The zero-order valence-corrected chi connectivity index (χ0v) is 9.31. The maximum absolute atomic E-state index is 11.3. The number of H-pyrrole nitrogens is 1. The average Bonchev–Trinajstić information content (AvgIpc) is 3.10. The monoisotopic (exact) mass is 234 g/mol. The Kier molecular flexibility index (Phi) is 2.52. The van der Waals surface area contributed by atoms with Crippen LogP contribution in [0.5, 0.6) is 0 Å². The van der Waals surface area contributed by atoms with Gasteiger partial charge in [0.2, 0.25) is 0 Å². The van der Waals surface area contributed by atoms with Crippen molar-refractivity contribution in [3.8, 4) is 0 Å². The third-order valence-corrected chi connectivity index (χ3v) is 2.71. The van der Waals surface area contributed by atoms with E-state index in [2.05, 4.69) is 25.9 Å². The van der Waals surface area contributed by atoms with Crippen LogP contribution in [0, 0.1) is 0 Å². The number of nitrogens with one attached hydrogen (secondary N) is 3. The Morgan fingerprint density at radius 1 is 1.41 bits per heavy atom. The summed E-state index contributed by atoms with van der Waals surface area (Å²) in [6.07, 6.45) is 2.57. The summed E-state index contributed by atoms with van der Waals surface area (Å²) in [5.41, 5.74) is 0.205. The fraction of sp³-hybridized carbons (Fsp3) is 0.500. The molecule has 7 nitrogen and oxygen atoms in total. The summed E-state index contributed by atoms with van der Waals surface area (Å²) in [4.78, 5) is 11.3. The van der Waals surface area contributed by atoms with Gasteiger partial charge in [-0.2, -0.15) is 9.61 Å². The van der Waals surface area contributed by atoms with Gasteiger partial charge in [0.15, 0.2) is 5.65 Å². The van der Waals surface area contributed by atoms with Crippen LogP contribution in [0.15, 0.2) is 16.9 Å². The van der Waals surface area contributed by atoms with Gasteiger partial charge in [-0.1, -0.05) is 0 Å². The molecule has 3 rings (SSSR count). The van der Waals surface area contributed by atoms with E-state index in [1.54, 1.807) is 6.07 Å². The largest absolute Gasteiger partial charge is 0.367 e. The van der Waals surface area contributed by atoms with E-state index in [-0.39, 0.29) is 5.69 Å². The highest BCUT2D eigenvalue weighted by Crippen LogP contribution is 2.17. The Morgan fingerprint density at radius 3 is 3.12 bits per heavy atom. The first-order chi connectivity index (χ1) is 8.33. The van der Waals surface area contributed by atoms with Crippen LogP contribution in [-0.4, -0.2) is 38.9 Å². The summed E-state index contributed by atoms with van der Waals surface area (Å²) in [5.74, 6) is 0.679. The average molecular weight is 234 g/mol. The van der Waals surface area contributed by atoms with Crippen molar-refractivity contribution in [1.29, 1.82) is 0 Å². The zero-order valence-electron chi connectivity index (χ0n) is 9.31. The number of rotatable bonds is 5. The molecule has 0 aromatic carbocycles. The lowest BCUT2D eigenvalue weighted by molar-refractivity contribution is 0.699. The van der Waals surface area contributed by atoms with Crippen molar-refractivity contribution in [3.63, 3.8) is 0 Å². The number of aromatic nitrogens is 4. The fourth-order valence-corrected chi connectivity index (χ4v) is 1.65. The third-order valence-electron chi connectivity index (χ3n) is 2.71. The molecular formula is C10H14N6O. The first-order valence-electron chi connectivity index (χ1n) is 5.75. The normalized spacial score (nSPS) is 15.3. The van der Waals surface area contributed by atoms with Crippen molar-refractivity contribution in [2.45, 2.75) is 18.9 Å². The number of nitrogens with zero attached hydrogens (tertiary/aromatic N) is 3. The standard InChI is InChI=1S/C10H14N6O/c17-10-14-13-9-4-3-8(15-16(9)10)12-6-5-11-7-1-2-7/h3-4,7,11H,1-2,5-6H2,(H,12,15)(H,14,17). The van der Waals surface area contributed by atoms with E-state index in [1.807, 2.05) is 6.07 Å². The van der Waals surface area contributed by atoms with Crippen LogP contribution in [-0.2, 0) is 0 Å². The van der Waals surface area contributed by atoms with Crippen molar-refractivity contribution < 1.29 is 0 Å². The van der Waals surface area contributed by atoms with Crippen molar-refractivity contribution in [3.05, 3.63) is 22.6 Å². The molecule has 0 atom stereocenters. The number of anilines is 1. The van der Waals surface area contributed by atoms with Gasteiger partial charge in [0, 0.05) is 19.1 Å². The lowest BCUT2D eigenvalue weighted by Gasteiger charge is -2.05. The van der Waals surface area contributed by atoms with Crippen LogP contribution in [0.1, 0.15) is 12.8 Å². The maximum atomic E-state index is 11.3. The third kappa shape index (κ3) is 2.28. The first kappa shape index (κ1) is 10.3. The Balaban J connectivity index is 1.63. The summed E-state index contributed by atoms with van der Waals surface area (Å²) in [6.45, 7) is 1.70. The molecule has 2 heterocycles. The minimum atomic E-state index is -0.320.